The molecule has 0 unspecified atom stereocenters. The Hall–Kier alpha value is -2.09. The van der Waals surface area contributed by atoms with Gasteiger partial charge in [0, 0.05) is 6.54 Å². The van der Waals surface area contributed by atoms with Crippen molar-refractivity contribution in [1.29, 1.82) is 5.26 Å². The van der Waals surface area contributed by atoms with E-state index in [2.05, 4.69) is 11.9 Å². The van der Waals surface area contributed by atoms with Crippen LogP contribution in [0.3, 0.4) is 0 Å². The van der Waals surface area contributed by atoms with Gasteiger partial charge in [-0.2, -0.15) is 5.26 Å². The molecule has 0 aliphatic heterocycles. The number of aromatic nitrogens is 1. The van der Waals surface area contributed by atoms with Crippen LogP contribution in [0.5, 0.6) is 0 Å². The zero-order chi connectivity index (χ0) is 12.7. The minimum Gasteiger partial charge on any atom is -0.368 e. The van der Waals surface area contributed by atoms with Crippen molar-refractivity contribution in [3.05, 3.63) is 23.9 Å². The molecular formula is C12H16N4O. The molecule has 0 spiro atoms. The van der Waals surface area contributed by atoms with Crippen molar-refractivity contribution >= 4 is 11.7 Å². The molecule has 0 aliphatic rings. The van der Waals surface area contributed by atoms with E-state index >= 15 is 0 Å². The molecule has 5 nitrogen and oxygen atoms in total. The van der Waals surface area contributed by atoms with Gasteiger partial charge in [-0.15, -0.1) is 0 Å². The third kappa shape index (κ3) is 4.11. The summed E-state index contributed by atoms with van der Waals surface area (Å²) in [6, 6.07) is 7.14. The van der Waals surface area contributed by atoms with E-state index in [4.69, 9.17) is 11.0 Å². The molecule has 0 aliphatic carbocycles. The molecule has 0 aromatic carbocycles. The standard InChI is InChI=1S/C12H16N4O/c1-2-3-7-16(9-11(14)17)12-6-4-5-10(8-13)15-12/h4-6H,2-3,7,9H2,1H3,(H2,14,17). The highest BCUT2D eigenvalue weighted by Crippen LogP contribution is 2.11. The maximum atomic E-state index is 11.0. The van der Waals surface area contributed by atoms with Gasteiger partial charge in [0.2, 0.25) is 5.91 Å². The molecule has 0 saturated heterocycles. The first-order valence-electron chi connectivity index (χ1n) is 5.57. The molecule has 5 heteroatoms. The molecule has 90 valence electrons. The molecule has 0 atom stereocenters. The Bertz CT molecular complexity index is 425. The number of carbonyl (C=O) groups is 1. The quantitative estimate of drug-likeness (QED) is 0.794. The Morgan fingerprint density at radius 3 is 2.94 bits per heavy atom. The van der Waals surface area contributed by atoms with E-state index < -0.39 is 5.91 Å². The minimum atomic E-state index is -0.398. The van der Waals surface area contributed by atoms with Crippen molar-refractivity contribution in [1.82, 2.24) is 4.98 Å². The second-order valence-corrected chi connectivity index (χ2v) is 3.73. The summed E-state index contributed by atoms with van der Waals surface area (Å²) in [7, 11) is 0. The van der Waals surface area contributed by atoms with Crippen LogP contribution in [-0.4, -0.2) is 24.0 Å². The van der Waals surface area contributed by atoms with E-state index in [1.807, 2.05) is 6.07 Å². The molecule has 1 rings (SSSR count). The lowest BCUT2D eigenvalue weighted by atomic mass is 10.3. The number of nitriles is 1. The van der Waals surface area contributed by atoms with Crippen LogP contribution in [0.4, 0.5) is 5.82 Å². The van der Waals surface area contributed by atoms with Gasteiger partial charge in [-0.25, -0.2) is 4.98 Å². The fourth-order valence-electron chi connectivity index (χ4n) is 1.47. The van der Waals surface area contributed by atoms with E-state index in [1.54, 1.807) is 23.1 Å². The molecule has 0 bridgehead atoms. The van der Waals surface area contributed by atoms with Crippen molar-refractivity contribution in [2.75, 3.05) is 18.0 Å². The number of pyridine rings is 1. The summed E-state index contributed by atoms with van der Waals surface area (Å²) in [5.74, 6) is 0.224. The molecule has 1 heterocycles. The fraction of sp³-hybridized carbons (Fsp3) is 0.417. The fourth-order valence-corrected chi connectivity index (χ4v) is 1.47. The number of nitrogens with zero attached hydrogens (tertiary/aromatic N) is 3. The van der Waals surface area contributed by atoms with E-state index in [1.165, 1.54) is 0 Å². The van der Waals surface area contributed by atoms with Gasteiger partial charge in [-0.05, 0) is 18.6 Å². The number of amides is 1. The predicted molar refractivity (Wildman–Crippen MR) is 65.3 cm³/mol. The minimum absolute atomic E-state index is 0.127. The van der Waals surface area contributed by atoms with Gasteiger partial charge in [-0.3, -0.25) is 4.79 Å². The number of nitrogens with two attached hydrogens (primary N) is 1. The maximum Gasteiger partial charge on any atom is 0.236 e. The van der Waals surface area contributed by atoms with Crippen molar-refractivity contribution in [2.45, 2.75) is 19.8 Å². The van der Waals surface area contributed by atoms with Gasteiger partial charge >= 0.3 is 0 Å². The molecule has 0 fully saturated rings. The average molecular weight is 232 g/mol. The largest absolute Gasteiger partial charge is 0.368 e. The van der Waals surface area contributed by atoms with Crippen LogP contribution < -0.4 is 10.6 Å². The van der Waals surface area contributed by atoms with E-state index in [0.717, 1.165) is 12.8 Å². The highest BCUT2D eigenvalue weighted by Gasteiger charge is 2.10. The van der Waals surface area contributed by atoms with E-state index in [-0.39, 0.29) is 6.54 Å². The van der Waals surface area contributed by atoms with Crippen LogP contribution in [0.25, 0.3) is 0 Å². The number of anilines is 1. The number of hydrogen-bond acceptors (Lipinski definition) is 4. The summed E-state index contributed by atoms with van der Waals surface area (Å²) >= 11 is 0. The lowest BCUT2D eigenvalue weighted by Crippen LogP contribution is -2.35. The van der Waals surface area contributed by atoms with E-state index in [0.29, 0.717) is 18.1 Å². The van der Waals surface area contributed by atoms with Crippen LogP contribution in [0.15, 0.2) is 18.2 Å². The highest BCUT2D eigenvalue weighted by atomic mass is 16.1. The topological polar surface area (TPSA) is 83.0 Å². The average Bonchev–Trinajstić information content (AvgIpc) is 2.34. The number of primary amides is 1. The molecule has 2 N–H and O–H groups in total. The van der Waals surface area contributed by atoms with Crippen LogP contribution >= 0.6 is 0 Å². The van der Waals surface area contributed by atoms with Gasteiger partial charge in [0.1, 0.15) is 17.6 Å². The number of rotatable bonds is 6. The first kappa shape index (κ1) is 13.0. The van der Waals surface area contributed by atoms with Gasteiger partial charge < -0.3 is 10.6 Å². The van der Waals surface area contributed by atoms with Crippen LogP contribution in [0, 0.1) is 11.3 Å². The zero-order valence-electron chi connectivity index (χ0n) is 9.89. The smallest absolute Gasteiger partial charge is 0.236 e. The van der Waals surface area contributed by atoms with Gasteiger partial charge in [0.25, 0.3) is 0 Å². The normalized spacial score (nSPS) is 9.65. The lowest BCUT2D eigenvalue weighted by molar-refractivity contribution is -0.116. The Balaban J connectivity index is 2.87. The SMILES string of the molecule is CCCCN(CC(N)=O)c1cccc(C#N)n1. The molecule has 1 aromatic heterocycles. The molecule has 0 saturated carbocycles. The first-order valence-corrected chi connectivity index (χ1v) is 5.57. The summed E-state index contributed by atoms with van der Waals surface area (Å²) in [6.07, 6.45) is 1.97. The third-order valence-electron chi connectivity index (χ3n) is 2.30. The monoisotopic (exact) mass is 232 g/mol. The second-order valence-electron chi connectivity index (χ2n) is 3.73. The highest BCUT2D eigenvalue weighted by molar-refractivity contribution is 5.79. The molecule has 1 amide bonds. The van der Waals surface area contributed by atoms with Crippen LogP contribution in [0.1, 0.15) is 25.5 Å². The summed E-state index contributed by atoms with van der Waals surface area (Å²) in [6.45, 7) is 2.91. The van der Waals surface area contributed by atoms with E-state index in [9.17, 15) is 4.79 Å². The summed E-state index contributed by atoms with van der Waals surface area (Å²) in [4.78, 5) is 16.9. The Morgan fingerprint density at radius 1 is 1.59 bits per heavy atom. The number of unbranched alkanes of at least 4 members (excludes halogenated alkanes) is 1. The molecular weight excluding hydrogens is 216 g/mol. The van der Waals surface area contributed by atoms with Crippen molar-refractivity contribution < 1.29 is 4.79 Å². The molecule has 17 heavy (non-hydrogen) atoms. The molecule has 1 aromatic rings. The lowest BCUT2D eigenvalue weighted by Gasteiger charge is -2.21. The predicted octanol–water partition coefficient (Wildman–Crippen LogP) is 1.05. The second kappa shape index (κ2) is 6.48. The third-order valence-corrected chi connectivity index (χ3v) is 2.30. The zero-order valence-corrected chi connectivity index (χ0v) is 9.89. The van der Waals surface area contributed by atoms with Gasteiger partial charge in [0.15, 0.2) is 0 Å². The van der Waals surface area contributed by atoms with Crippen LogP contribution in [-0.2, 0) is 4.79 Å². The van der Waals surface area contributed by atoms with Gasteiger partial charge in [-0.1, -0.05) is 19.4 Å². The summed E-state index contributed by atoms with van der Waals surface area (Å²) < 4.78 is 0. The Morgan fingerprint density at radius 2 is 2.35 bits per heavy atom. The molecule has 0 radical (unpaired) electrons. The van der Waals surface area contributed by atoms with Crippen molar-refractivity contribution in [3.63, 3.8) is 0 Å². The van der Waals surface area contributed by atoms with Crippen molar-refractivity contribution in [3.8, 4) is 6.07 Å². The van der Waals surface area contributed by atoms with Gasteiger partial charge in [0.05, 0.1) is 6.54 Å². The summed E-state index contributed by atoms with van der Waals surface area (Å²) in [5, 5.41) is 8.78. The first-order chi connectivity index (χ1) is 8.17. The van der Waals surface area contributed by atoms with Crippen LogP contribution in [0.2, 0.25) is 0 Å². The van der Waals surface area contributed by atoms with Crippen molar-refractivity contribution in [2.24, 2.45) is 5.73 Å². The number of hydrogen-bond donors (Lipinski definition) is 1. The Labute approximate surface area is 101 Å². The maximum absolute atomic E-state index is 11.0. The summed E-state index contributed by atoms with van der Waals surface area (Å²) in [5.41, 5.74) is 5.54. The Kier molecular flexibility index (Phi) is 4.95. The number of carbonyl (C=O) groups excluding carboxylic acids is 1.